The molecule has 0 amide bonds. The summed E-state index contributed by atoms with van der Waals surface area (Å²) < 4.78 is 0. The first kappa shape index (κ1) is 21.6. The lowest BCUT2D eigenvalue weighted by atomic mass is 9.46. The molecule has 3 fully saturated rings. The number of allylic oxidation sites excluding steroid dienone is 1. The summed E-state index contributed by atoms with van der Waals surface area (Å²) in [6.07, 6.45) is 15.1. The van der Waals surface area contributed by atoms with Crippen molar-refractivity contribution in [1.29, 1.82) is 0 Å². The number of carbonyl (C=O) groups is 1. The molecule has 4 aliphatic carbocycles. The summed E-state index contributed by atoms with van der Waals surface area (Å²) in [5.41, 5.74) is 2.42. The van der Waals surface area contributed by atoms with Crippen LogP contribution in [0.15, 0.2) is 11.6 Å². The highest BCUT2D eigenvalue weighted by molar-refractivity contribution is 5.91. The Labute approximate surface area is 180 Å². The van der Waals surface area contributed by atoms with Crippen LogP contribution in [0, 0.1) is 52.3 Å². The molecule has 0 saturated heterocycles. The van der Waals surface area contributed by atoms with E-state index in [1.54, 1.807) is 0 Å². The summed E-state index contributed by atoms with van der Waals surface area (Å²) in [6, 6.07) is 0. The lowest BCUT2D eigenvalue weighted by Gasteiger charge is -2.58. The molecule has 0 aliphatic heterocycles. The van der Waals surface area contributed by atoms with Gasteiger partial charge < -0.3 is 0 Å². The molecule has 4 aliphatic rings. The number of ketones is 1. The summed E-state index contributed by atoms with van der Waals surface area (Å²) in [6.45, 7) is 15.0. The van der Waals surface area contributed by atoms with Gasteiger partial charge in [-0.3, -0.25) is 4.79 Å². The Morgan fingerprint density at radius 2 is 1.69 bits per heavy atom. The fraction of sp³-hybridized carbons (Fsp3) is 0.893. The second-order valence-electron chi connectivity index (χ2n) is 12.5. The molecule has 0 radical (unpaired) electrons. The van der Waals surface area contributed by atoms with E-state index in [9.17, 15) is 4.79 Å². The Morgan fingerprint density at radius 1 is 0.931 bits per heavy atom. The summed E-state index contributed by atoms with van der Waals surface area (Å²) in [5.74, 6) is 6.57. The molecular formula is C28H46O. The van der Waals surface area contributed by atoms with Crippen molar-refractivity contribution >= 4 is 5.78 Å². The highest BCUT2D eigenvalue weighted by atomic mass is 16.1. The molecule has 4 rings (SSSR count). The lowest BCUT2D eigenvalue weighted by molar-refractivity contribution is -0.117. The molecule has 0 aromatic heterocycles. The summed E-state index contributed by atoms with van der Waals surface area (Å²) >= 11 is 0. The van der Waals surface area contributed by atoms with Gasteiger partial charge in [0.2, 0.25) is 0 Å². The van der Waals surface area contributed by atoms with Crippen molar-refractivity contribution in [2.45, 2.75) is 106 Å². The molecule has 1 heteroatoms. The van der Waals surface area contributed by atoms with Gasteiger partial charge in [-0.05, 0) is 103 Å². The molecular weight excluding hydrogens is 352 g/mol. The van der Waals surface area contributed by atoms with E-state index in [-0.39, 0.29) is 0 Å². The molecule has 3 saturated carbocycles. The highest BCUT2D eigenvalue weighted by Crippen LogP contribution is 2.67. The molecule has 1 nitrogen and oxygen atoms in total. The lowest BCUT2D eigenvalue weighted by Crippen LogP contribution is -2.51. The van der Waals surface area contributed by atoms with Crippen molar-refractivity contribution < 1.29 is 4.79 Å². The zero-order valence-electron chi connectivity index (χ0n) is 20.1. The summed E-state index contributed by atoms with van der Waals surface area (Å²) in [4.78, 5) is 12.0. The summed E-state index contributed by atoms with van der Waals surface area (Å²) in [7, 11) is 0. The average molecular weight is 399 g/mol. The van der Waals surface area contributed by atoms with Crippen LogP contribution in [0.3, 0.4) is 0 Å². The molecule has 8 atom stereocenters. The molecule has 0 unspecified atom stereocenters. The largest absolute Gasteiger partial charge is 0.295 e. The monoisotopic (exact) mass is 398 g/mol. The maximum absolute atomic E-state index is 12.0. The average Bonchev–Trinajstić information content (AvgIpc) is 3.03. The number of rotatable bonds is 5. The van der Waals surface area contributed by atoms with Crippen LogP contribution in [0.25, 0.3) is 0 Å². The number of carbonyl (C=O) groups excluding carboxylic acids is 1. The Hall–Kier alpha value is -0.590. The third kappa shape index (κ3) is 3.57. The fourth-order valence-electron chi connectivity index (χ4n) is 8.59. The van der Waals surface area contributed by atoms with Crippen molar-refractivity contribution in [2.75, 3.05) is 0 Å². The van der Waals surface area contributed by atoms with Crippen molar-refractivity contribution in [3.8, 4) is 0 Å². The van der Waals surface area contributed by atoms with Crippen LogP contribution >= 0.6 is 0 Å². The van der Waals surface area contributed by atoms with Gasteiger partial charge in [0.05, 0.1) is 0 Å². The van der Waals surface area contributed by atoms with E-state index in [0.29, 0.717) is 16.6 Å². The van der Waals surface area contributed by atoms with Gasteiger partial charge in [0, 0.05) is 6.42 Å². The predicted molar refractivity (Wildman–Crippen MR) is 123 cm³/mol. The minimum absolute atomic E-state index is 0.328. The highest BCUT2D eigenvalue weighted by Gasteiger charge is 2.59. The van der Waals surface area contributed by atoms with Gasteiger partial charge in [-0.15, -0.1) is 0 Å². The van der Waals surface area contributed by atoms with E-state index in [1.165, 1.54) is 56.9 Å². The molecule has 0 heterocycles. The van der Waals surface area contributed by atoms with Crippen molar-refractivity contribution in [3.05, 3.63) is 11.6 Å². The van der Waals surface area contributed by atoms with Crippen LogP contribution in [0.5, 0.6) is 0 Å². The fourth-order valence-corrected chi connectivity index (χ4v) is 8.59. The second-order valence-corrected chi connectivity index (χ2v) is 12.5. The van der Waals surface area contributed by atoms with Crippen molar-refractivity contribution in [1.82, 2.24) is 0 Å². The first-order valence-electron chi connectivity index (χ1n) is 12.9. The molecule has 0 N–H and O–H groups in total. The second kappa shape index (κ2) is 7.83. The van der Waals surface area contributed by atoms with Crippen LogP contribution in [0.4, 0.5) is 0 Å². The van der Waals surface area contributed by atoms with Gasteiger partial charge >= 0.3 is 0 Å². The van der Waals surface area contributed by atoms with Crippen molar-refractivity contribution in [2.24, 2.45) is 52.3 Å². The Bertz CT molecular complexity index is 659. The standard InChI is InChI=1S/C28H46O/c1-18(2)19(3)7-8-20(4)24-11-12-25-23-10-9-21-17-22(29)13-15-27(21,5)26(23)14-16-28(24,25)6/h17-20,23-26H,7-16H2,1-6H3/t19-,20-,23-,24-,25+,26+,27+,28-/m1/s1. The molecule has 0 spiro atoms. The summed E-state index contributed by atoms with van der Waals surface area (Å²) in [5, 5.41) is 0. The Balaban J connectivity index is 1.49. The smallest absolute Gasteiger partial charge is 0.155 e. The number of hydrogen-bond donors (Lipinski definition) is 0. The van der Waals surface area contributed by atoms with E-state index in [0.717, 1.165) is 54.3 Å². The van der Waals surface area contributed by atoms with E-state index < -0.39 is 0 Å². The minimum Gasteiger partial charge on any atom is -0.295 e. The van der Waals surface area contributed by atoms with Crippen LogP contribution in [0.1, 0.15) is 106 Å². The van der Waals surface area contributed by atoms with E-state index in [4.69, 9.17) is 0 Å². The number of hydrogen-bond acceptors (Lipinski definition) is 1. The van der Waals surface area contributed by atoms with E-state index >= 15 is 0 Å². The topological polar surface area (TPSA) is 17.1 Å². The normalized spacial score (nSPS) is 44.0. The molecule has 0 aromatic carbocycles. The first-order valence-corrected chi connectivity index (χ1v) is 12.9. The molecule has 0 aromatic rings. The maximum atomic E-state index is 12.0. The van der Waals surface area contributed by atoms with E-state index in [2.05, 4.69) is 47.6 Å². The molecule has 29 heavy (non-hydrogen) atoms. The Morgan fingerprint density at radius 3 is 2.41 bits per heavy atom. The molecule has 0 bridgehead atoms. The third-order valence-electron chi connectivity index (χ3n) is 10.9. The number of fused-ring (bicyclic) bond motifs is 5. The zero-order chi connectivity index (χ0) is 21.0. The van der Waals surface area contributed by atoms with E-state index in [1.807, 2.05) is 0 Å². The van der Waals surface area contributed by atoms with Crippen LogP contribution in [-0.2, 0) is 4.79 Å². The first-order chi connectivity index (χ1) is 13.7. The van der Waals surface area contributed by atoms with Gasteiger partial charge in [-0.2, -0.15) is 0 Å². The SMILES string of the molecule is CC(C)[C@H](C)CC[C@@H](C)[C@H]1CC[C@H]2[C@H]3CCC4=CC(=O)CC[C@]4(C)[C@H]3CC[C@]12C. The van der Waals surface area contributed by atoms with Gasteiger partial charge in [0.25, 0.3) is 0 Å². The van der Waals surface area contributed by atoms with Gasteiger partial charge in [0.15, 0.2) is 5.78 Å². The van der Waals surface area contributed by atoms with Crippen LogP contribution in [-0.4, -0.2) is 5.78 Å². The Kier molecular flexibility index (Phi) is 5.84. The van der Waals surface area contributed by atoms with Gasteiger partial charge in [0.1, 0.15) is 0 Å². The van der Waals surface area contributed by atoms with Crippen LogP contribution < -0.4 is 0 Å². The van der Waals surface area contributed by atoms with Crippen LogP contribution in [0.2, 0.25) is 0 Å². The minimum atomic E-state index is 0.328. The third-order valence-corrected chi connectivity index (χ3v) is 10.9. The molecule has 164 valence electrons. The van der Waals surface area contributed by atoms with Gasteiger partial charge in [-0.1, -0.05) is 60.0 Å². The quantitative estimate of drug-likeness (QED) is 0.461. The van der Waals surface area contributed by atoms with Gasteiger partial charge in [-0.25, -0.2) is 0 Å². The maximum Gasteiger partial charge on any atom is 0.155 e. The zero-order valence-corrected chi connectivity index (χ0v) is 20.1. The van der Waals surface area contributed by atoms with Crippen molar-refractivity contribution in [3.63, 3.8) is 0 Å². The predicted octanol–water partition coefficient (Wildman–Crippen LogP) is 7.84.